The van der Waals surface area contributed by atoms with Gasteiger partial charge in [-0.15, -0.1) is 11.3 Å². The number of esters is 1. The molecular formula is C11H16BNO4S. The summed E-state index contributed by atoms with van der Waals surface area (Å²) in [5, 5.41) is -0.217. The molecular weight excluding hydrogens is 253 g/mol. The first-order valence-electron chi connectivity index (χ1n) is 7.39. The van der Waals surface area contributed by atoms with E-state index >= 15 is 0 Å². The molecule has 1 aliphatic heterocycles. The molecule has 0 aromatic carbocycles. The van der Waals surface area contributed by atoms with Crippen LogP contribution in [0.4, 0.5) is 0 Å². The first kappa shape index (κ1) is 9.06. The lowest BCUT2D eigenvalue weighted by molar-refractivity contribution is 0.00578. The second-order valence-electron chi connectivity index (χ2n) is 4.97. The van der Waals surface area contributed by atoms with Gasteiger partial charge in [0.15, 0.2) is 0 Å². The van der Waals surface area contributed by atoms with E-state index < -0.39 is 31.3 Å². The minimum Gasteiger partial charge on any atom is -0.464 e. The molecule has 98 valence electrons. The molecule has 0 aliphatic carbocycles. The summed E-state index contributed by atoms with van der Waals surface area (Å²) in [6, 6.07) is 0. The second-order valence-corrected chi connectivity index (χ2v) is 6.00. The summed E-state index contributed by atoms with van der Waals surface area (Å²) in [5.74, 6) is -1.10. The maximum Gasteiger partial charge on any atom is 0.507 e. The Labute approximate surface area is 116 Å². The molecule has 1 aliphatic rings. The number of thiazole rings is 1. The first-order valence-corrected chi connectivity index (χ1v) is 6.20. The Morgan fingerprint density at radius 1 is 1.50 bits per heavy atom. The quantitative estimate of drug-likeness (QED) is 0.599. The van der Waals surface area contributed by atoms with Gasteiger partial charge >= 0.3 is 13.1 Å². The molecule has 0 spiro atoms. The van der Waals surface area contributed by atoms with Gasteiger partial charge in [-0.1, -0.05) is 0 Å². The molecule has 1 aromatic heterocycles. The predicted octanol–water partition coefficient (Wildman–Crippen LogP) is 1.23. The van der Waals surface area contributed by atoms with Gasteiger partial charge < -0.3 is 14.0 Å². The number of carbonyl (C=O) groups excluding carboxylic acids is 1. The second kappa shape index (κ2) is 4.33. The van der Waals surface area contributed by atoms with Crippen molar-refractivity contribution in [2.75, 3.05) is 7.04 Å². The molecule has 0 bridgehead atoms. The third-order valence-corrected chi connectivity index (χ3v) is 4.16. The summed E-state index contributed by atoms with van der Waals surface area (Å²) >= 11 is 0.834. The largest absolute Gasteiger partial charge is 0.507 e. The van der Waals surface area contributed by atoms with Gasteiger partial charge in [0.25, 0.3) is 0 Å². The van der Waals surface area contributed by atoms with E-state index in [1.165, 1.54) is 0 Å². The molecule has 0 atom stereocenters. The minimum absolute atomic E-state index is 0.194. The zero-order valence-corrected chi connectivity index (χ0v) is 11.4. The Morgan fingerprint density at radius 2 is 2.11 bits per heavy atom. The van der Waals surface area contributed by atoms with Crippen LogP contribution in [-0.4, -0.2) is 36.3 Å². The van der Waals surface area contributed by atoms with Crippen molar-refractivity contribution in [3.05, 3.63) is 11.2 Å². The van der Waals surface area contributed by atoms with Crippen molar-refractivity contribution in [1.82, 2.24) is 4.98 Å². The Morgan fingerprint density at radius 3 is 2.67 bits per heavy atom. The fourth-order valence-corrected chi connectivity index (χ4v) is 2.15. The topological polar surface area (TPSA) is 57.7 Å². The standard InChI is InChI=1S/C11H16BNO4S/c1-10(2)11(3,4)17-12(16-10)7-6-13-8(18-7)9(14)15-5/h6H,1-5H3/i5D3,6D. The van der Waals surface area contributed by atoms with Gasteiger partial charge in [-0.25, -0.2) is 9.78 Å². The number of nitrogens with zero attached hydrogens (tertiary/aromatic N) is 1. The molecule has 0 saturated carbocycles. The average molecular weight is 273 g/mol. The zero-order valence-electron chi connectivity index (χ0n) is 14.6. The van der Waals surface area contributed by atoms with Crippen molar-refractivity contribution in [2.24, 2.45) is 0 Å². The van der Waals surface area contributed by atoms with Crippen LogP contribution in [0, 0.1) is 0 Å². The summed E-state index contributed by atoms with van der Waals surface area (Å²) in [7, 11) is -3.68. The van der Waals surface area contributed by atoms with Gasteiger partial charge in [-0.05, 0) is 27.7 Å². The highest BCUT2D eigenvalue weighted by atomic mass is 32.1. The van der Waals surface area contributed by atoms with Gasteiger partial charge in [0, 0.05) is 6.17 Å². The highest BCUT2D eigenvalue weighted by Gasteiger charge is 2.52. The smallest absolute Gasteiger partial charge is 0.464 e. The number of carbonyl (C=O) groups is 1. The van der Waals surface area contributed by atoms with Crippen molar-refractivity contribution < 1.29 is 24.3 Å². The van der Waals surface area contributed by atoms with Crippen LogP contribution in [0.15, 0.2) is 6.17 Å². The van der Waals surface area contributed by atoms with Gasteiger partial charge in [0.05, 0.1) is 28.5 Å². The lowest BCUT2D eigenvalue weighted by atomic mass is 9.89. The molecule has 0 unspecified atom stereocenters. The minimum atomic E-state index is -2.85. The third-order valence-electron chi connectivity index (χ3n) is 3.21. The Hall–Kier alpha value is -0.915. The molecule has 5 nitrogen and oxygen atoms in total. The lowest BCUT2D eigenvalue weighted by Gasteiger charge is -2.32. The SMILES string of the molecule is [2H]c1nc(C(=O)OC([2H])([2H])[2H])sc1B1OC(C)(C)C(C)(C)O1. The number of ether oxygens (including phenoxy) is 1. The molecule has 18 heavy (non-hydrogen) atoms. The summed E-state index contributed by atoms with van der Waals surface area (Å²) in [6.07, 6.45) is -0.194. The van der Waals surface area contributed by atoms with Crippen LogP contribution in [-0.2, 0) is 14.0 Å². The fraction of sp³-hybridized carbons (Fsp3) is 0.636. The molecule has 2 heterocycles. The Kier molecular flexibility index (Phi) is 2.18. The van der Waals surface area contributed by atoms with Crippen molar-refractivity contribution >= 4 is 29.2 Å². The van der Waals surface area contributed by atoms with Crippen LogP contribution in [0.1, 0.15) is 43.0 Å². The summed E-state index contributed by atoms with van der Waals surface area (Å²) in [4.78, 5) is 15.4. The van der Waals surface area contributed by atoms with E-state index in [9.17, 15) is 4.79 Å². The summed E-state index contributed by atoms with van der Waals surface area (Å²) in [5.41, 5.74) is -1.18. The molecule has 1 fully saturated rings. The number of hydrogen-bond acceptors (Lipinski definition) is 6. The van der Waals surface area contributed by atoms with E-state index in [4.69, 9.17) is 14.8 Å². The van der Waals surface area contributed by atoms with E-state index in [0.717, 1.165) is 11.3 Å². The summed E-state index contributed by atoms with van der Waals surface area (Å²) < 4.78 is 44.7. The first-order chi connectivity index (χ1) is 9.82. The van der Waals surface area contributed by atoms with E-state index in [1.807, 2.05) is 27.7 Å². The maximum atomic E-state index is 11.7. The van der Waals surface area contributed by atoms with Crippen molar-refractivity contribution in [2.45, 2.75) is 38.9 Å². The van der Waals surface area contributed by atoms with Crippen LogP contribution in [0.3, 0.4) is 0 Å². The molecule has 1 aromatic rings. The predicted molar refractivity (Wildman–Crippen MR) is 69.2 cm³/mol. The van der Waals surface area contributed by atoms with Gasteiger partial charge in [-0.3, -0.25) is 0 Å². The molecule has 2 rings (SSSR count). The lowest BCUT2D eigenvalue weighted by Crippen LogP contribution is -2.41. The highest BCUT2D eigenvalue weighted by molar-refractivity contribution is 7.23. The number of hydrogen-bond donors (Lipinski definition) is 0. The van der Waals surface area contributed by atoms with E-state index in [1.54, 1.807) is 0 Å². The Balaban J connectivity index is 2.23. The Bertz CT molecular complexity index is 585. The van der Waals surface area contributed by atoms with Crippen molar-refractivity contribution in [1.29, 1.82) is 0 Å². The fourth-order valence-electron chi connectivity index (χ4n) is 1.44. The molecule has 0 radical (unpaired) electrons. The maximum absolute atomic E-state index is 11.7. The van der Waals surface area contributed by atoms with Crippen molar-refractivity contribution in [3.8, 4) is 0 Å². The van der Waals surface area contributed by atoms with Crippen LogP contribution in [0.5, 0.6) is 0 Å². The number of methoxy groups -OCH3 is 1. The van der Waals surface area contributed by atoms with Gasteiger partial charge in [-0.2, -0.15) is 0 Å². The van der Waals surface area contributed by atoms with E-state index in [0.29, 0.717) is 4.78 Å². The summed E-state index contributed by atoms with van der Waals surface area (Å²) in [6.45, 7) is 7.45. The molecule has 1 saturated heterocycles. The normalized spacial score (nSPS) is 25.0. The van der Waals surface area contributed by atoms with Crippen LogP contribution >= 0.6 is 11.3 Å². The van der Waals surface area contributed by atoms with Gasteiger partial charge in [0.1, 0.15) is 0 Å². The van der Waals surface area contributed by atoms with E-state index in [-0.39, 0.29) is 11.2 Å². The van der Waals surface area contributed by atoms with Gasteiger partial charge in [0.2, 0.25) is 5.01 Å². The number of aromatic nitrogens is 1. The zero-order chi connectivity index (χ0) is 16.9. The highest BCUT2D eigenvalue weighted by Crippen LogP contribution is 2.36. The van der Waals surface area contributed by atoms with Crippen LogP contribution in [0.25, 0.3) is 0 Å². The average Bonchev–Trinajstić information content (AvgIpc) is 2.75. The van der Waals surface area contributed by atoms with E-state index in [2.05, 4.69) is 9.72 Å². The van der Waals surface area contributed by atoms with Crippen LogP contribution in [0.2, 0.25) is 0 Å². The van der Waals surface area contributed by atoms with Crippen molar-refractivity contribution in [3.63, 3.8) is 0 Å². The molecule has 0 N–H and O–H groups in total. The number of rotatable bonds is 2. The van der Waals surface area contributed by atoms with Crippen LogP contribution < -0.4 is 4.78 Å². The monoisotopic (exact) mass is 273 g/mol. The third kappa shape index (κ3) is 2.18. The molecule has 0 amide bonds. The molecule has 7 heteroatoms.